The highest BCUT2D eigenvalue weighted by Crippen LogP contribution is 2.19. The van der Waals surface area contributed by atoms with Gasteiger partial charge in [-0.3, -0.25) is 5.32 Å². The van der Waals surface area contributed by atoms with Crippen molar-refractivity contribution in [2.75, 3.05) is 10.6 Å². The number of aromatic nitrogens is 2. The second kappa shape index (κ2) is 5.47. The Balaban J connectivity index is 2.23. The molecule has 0 atom stereocenters. The number of hydrogen-bond donors (Lipinski definition) is 2. The molecule has 2 aromatic rings. The SMILES string of the molecule is Cc1nc(NC#N)cc(Nc2ccc(Br)cc2)n1. The fraction of sp³-hybridized carbons (Fsp3) is 0.0833. The third kappa shape index (κ3) is 3.18. The average molecular weight is 304 g/mol. The minimum Gasteiger partial charge on any atom is -0.340 e. The zero-order chi connectivity index (χ0) is 13.0. The van der Waals surface area contributed by atoms with Gasteiger partial charge in [0.25, 0.3) is 0 Å². The van der Waals surface area contributed by atoms with Crippen LogP contribution in [-0.4, -0.2) is 9.97 Å². The highest BCUT2D eigenvalue weighted by atomic mass is 79.9. The highest BCUT2D eigenvalue weighted by molar-refractivity contribution is 9.10. The van der Waals surface area contributed by atoms with Crippen molar-refractivity contribution in [1.82, 2.24) is 9.97 Å². The van der Waals surface area contributed by atoms with Crippen LogP contribution in [-0.2, 0) is 0 Å². The summed E-state index contributed by atoms with van der Waals surface area (Å²) in [6.45, 7) is 1.77. The van der Waals surface area contributed by atoms with Crippen molar-refractivity contribution >= 4 is 33.3 Å². The molecule has 0 unspecified atom stereocenters. The van der Waals surface area contributed by atoms with Gasteiger partial charge in [-0.15, -0.1) is 0 Å². The van der Waals surface area contributed by atoms with Gasteiger partial charge in [0.05, 0.1) is 0 Å². The van der Waals surface area contributed by atoms with E-state index in [9.17, 15) is 0 Å². The van der Waals surface area contributed by atoms with Gasteiger partial charge in [0, 0.05) is 16.2 Å². The molecule has 0 amide bonds. The molecule has 0 bridgehead atoms. The number of nitriles is 1. The lowest BCUT2D eigenvalue weighted by atomic mass is 10.3. The number of anilines is 3. The van der Waals surface area contributed by atoms with Crippen LogP contribution in [0.25, 0.3) is 0 Å². The van der Waals surface area contributed by atoms with Crippen molar-refractivity contribution in [2.24, 2.45) is 0 Å². The monoisotopic (exact) mass is 303 g/mol. The Morgan fingerprint density at radius 2 is 1.83 bits per heavy atom. The summed E-state index contributed by atoms with van der Waals surface area (Å²) in [6.07, 6.45) is 1.84. The fourth-order valence-corrected chi connectivity index (χ4v) is 1.70. The van der Waals surface area contributed by atoms with Crippen LogP contribution in [0.1, 0.15) is 5.82 Å². The molecule has 18 heavy (non-hydrogen) atoms. The van der Waals surface area contributed by atoms with Gasteiger partial charge >= 0.3 is 0 Å². The van der Waals surface area contributed by atoms with Crippen LogP contribution in [0.5, 0.6) is 0 Å². The number of aryl methyl sites for hydroxylation is 1. The summed E-state index contributed by atoms with van der Waals surface area (Å²) in [5.41, 5.74) is 0.916. The van der Waals surface area contributed by atoms with E-state index in [0.717, 1.165) is 10.2 Å². The van der Waals surface area contributed by atoms with Gasteiger partial charge in [-0.05, 0) is 31.2 Å². The summed E-state index contributed by atoms with van der Waals surface area (Å²) >= 11 is 3.38. The molecule has 0 aliphatic rings. The van der Waals surface area contributed by atoms with Crippen molar-refractivity contribution in [3.63, 3.8) is 0 Å². The molecule has 0 saturated carbocycles. The lowest BCUT2D eigenvalue weighted by molar-refractivity contribution is 1.06. The first-order chi connectivity index (χ1) is 8.67. The Bertz CT molecular complexity index is 588. The van der Waals surface area contributed by atoms with Gasteiger partial charge in [0.1, 0.15) is 17.5 Å². The molecule has 2 N–H and O–H groups in total. The van der Waals surface area contributed by atoms with E-state index < -0.39 is 0 Å². The maximum absolute atomic E-state index is 8.57. The average Bonchev–Trinajstić information content (AvgIpc) is 2.32. The molecule has 2 rings (SSSR count). The predicted molar refractivity (Wildman–Crippen MR) is 73.4 cm³/mol. The van der Waals surface area contributed by atoms with Crippen molar-refractivity contribution in [3.8, 4) is 6.19 Å². The number of nitrogens with one attached hydrogen (secondary N) is 2. The summed E-state index contributed by atoms with van der Waals surface area (Å²) in [7, 11) is 0. The van der Waals surface area contributed by atoms with E-state index in [-0.39, 0.29) is 0 Å². The van der Waals surface area contributed by atoms with E-state index in [4.69, 9.17) is 5.26 Å². The predicted octanol–water partition coefficient (Wildman–Crippen LogP) is 3.18. The molecule has 6 heteroatoms. The Labute approximate surface area is 113 Å². The number of rotatable bonds is 3. The van der Waals surface area contributed by atoms with Crippen LogP contribution in [0.15, 0.2) is 34.8 Å². The van der Waals surface area contributed by atoms with Gasteiger partial charge in [-0.25, -0.2) is 9.97 Å². The van der Waals surface area contributed by atoms with E-state index >= 15 is 0 Å². The minimum atomic E-state index is 0.476. The minimum absolute atomic E-state index is 0.476. The molecule has 0 aliphatic heterocycles. The van der Waals surface area contributed by atoms with Crippen molar-refractivity contribution < 1.29 is 0 Å². The van der Waals surface area contributed by atoms with Crippen molar-refractivity contribution in [3.05, 3.63) is 40.6 Å². The quantitative estimate of drug-likeness (QED) is 0.673. The van der Waals surface area contributed by atoms with Gasteiger partial charge in [-0.2, -0.15) is 5.26 Å². The molecule has 0 radical (unpaired) electrons. The first-order valence-electron chi connectivity index (χ1n) is 5.21. The van der Waals surface area contributed by atoms with Crippen molar-refractivity contribution in [2.45, 2.75) is 6.92 Å². The second-order valence-electron chi connectivity index (χ2n) is 3.55. The maximum Gasteiger partial charge on any atom is 0.182 e. The third-order valence-corrected chi connectivity index (χ3v) is 2.67. The fourth-order valence-electron chi connectivity index (χ4n) is 1.43. The Kier molecular flexibility index (Phi) is 3.75. The maximum atomic E-state index is 8.57. The van der Waals surface area contributed by atoms with Gasteiger partial charge < -0.3 is 5.32 Å². The lowest BCUT2D eigenvalue weighted by Gasteiger charge is -2.07. The van der Waals surface area contributed by atoms with E-state index in [2.05, 4.69) is 36.5 Å². The molecule has 1 aromatic carbocycles. The van der Waals surface area contributed by atoms with Crippen LogP contribution in [0.3, 0.4) is 0 Å². The molecule has 90 valence electrons. The Morgan fingerprint density at radius 3 is 2.50 bits per heavy atom. The van der Waals surface area contributed by atoms with Crippen LogP contribution >= 0.6 is 15.9 Å². The molecular weight excluding hydrogens is 294 g/mol. The summed E-state index contributed by atoms with van der Waals surface area (Å²) in [6, 6.07) is 9.41. The van der Waals surface area contributed by atoms with Crippen molar-refractivity contribution in [1.29, 1.82) is 5.26 Å². The first-order valence-corrected chi connectivity index (χ1v) is 6.00. The Hall–Kier alpha value is -2.13. The molecule has 0 spiro atoms. The summed E-state index contributed by atoms with van der Waals surface area (Å²) in [5.74, 6) is 1.71. The lowest BCUT2D eigenvalue weighted by Crippen LogP contribution is -2.00. The summed E-state index contributed by atoms with van der Waals surface area (Å²) in [4.78, 5) is 8.34. The molecular formula is C12H10BrN5. The number of benzene rings is 1. The van der Waals surface area contributed by atoms with Crippen LogP contribution in [0, 0.1) is 18.4 Å². The number of halogens is 1. The molecule has 1 aromatic heterocycles. The van der Waals surface area contributed by atoms with Crippen LogP contribution < -0.4 is 10.6 Å². The smallest absolute Gasteiger partial charge is 0.182 e. The molecule has 0 saturated heterocycles. The highest BCUT2D eigenvalue weighted by Gasteiger charge is 2.02. The largest absolute Gasteiger partial charge is 0.340 e. The molecule has 0 aliphatic carbocycles. The topological polar surface area (TPSA) is 73.6 Å². The van der Waals surface area contributed by atoms with Gasteiger partial charge in [0.2, 0.25) is 0 Å². The van der Waals surface area contributed by atoms with Crippen LogP contribution in [0.4, 0.5) is 17.3 Å². The summed E-state index contributed by atoms with van der Waals surface area (Å²) < 4.78 is 1.01. The molecule has 1 heterocycles. The van der Waals surface area contributed by atoms with E-state index in [1.54, 1.807) is 13.0 Å². The van der Waals surface area contributed by atoms with Gasteiger partial charge in [-0.1, -0.05) is 15.9 Å². The zero-order valence-electron chi connectivity index (χ0n) is 9.61. The standard InChI is InChI=1S/C12H10BrN5/c1-8-16-11(15-7-14)6-12(17-8)18-10-4-2-9(13)3-5-10/h2-6H,1H3,(H2,15,16,17,18). The van der Waals surface area contributed by atoms with Gasteiger partial charge in [0.15, 0.2) is 6.19 Å². The molecule has 5 nitrogen and oxygen atoms in total. The zero-order valence-corrected chi connectivity index (χ0v) is 11.2. The van der Waals surface area contributed by atoms with E-state index in [0.29, 0.717) is 17.5 Å². The first kappa shape index (κ1) is 12.3. The van der Waals surface area contributed by atoms with E-state index in [1.807, 2.05) is 30.5 Å². The molecule has 0 fully saturated rings. The second-order valence-corrected chi connectivity index (χ2v) is 4.47. The van der Waals surface area contributed by atoms with Crippen LogP contribution in [0.2, 0.25) is 0 Å². The number of nitrogens with zero attached hydrogens (tertiary/aromatic N) is 3. The Morgan fingerprint density at radius 1 is 1.17 bits per heavy atom. The number of hydrogen-bond acceptors (Lipinski definition) is 5. The third-order valence-electron chi connectivity index (χ3n) is 2.14. The normalized spacial score (nSPS) is 9.61. The van der Waals surface area contributed by atoms with E-state index in [1.165, 1.54) is 0 Å². The summed E-state index contributed by atoms with van der Waals surface area (Å²) in [5, 5.41) is 14.2.